The molecule has 150 valence electrons. The van der Waals surface area contributed by atoms with Crippen LogP contribution in [0.25, 0.3) is 10.6 Å². The number of carbonyl (C=O) groups is 2. The number of hydrogen-bond donors (Lipinski definition) is 1. The quantitative estimate of drug-likeness (QED) is 0.748. The summed E-state index contributed by atoms with van der Waals surface area (Å²) in [5.41, 5.74) is 2.65. The predicted molar refractivity (Wildman–Crippen MR) is 112 cm³/mol. The van der Waals surface area contributed by atoms with Crippen molar-refractivity contribution in [2.24, 2.45) is 5.92 Å². The van der Waals surface area contributed by atoms with Gasteiger partial charge in [0.15, 0.2) is 0 Å². The molecule has 1 aliphatic rings. The smallest absolute Gasteiger partial charge is 0.309 e. The highest BCUT2D eigenvalue weighted by atomic mass is 32.1. The van der Waals surface area contributed by atoms with Gasteiger partial charge in [0.05, 0.1) is 28.7 Å². The second kappa shape index (κ2) is 9.19. The summed E-state index contributed by atoms with van der Waals surface area (Å²) in [7, 11) is 0. The normalized spacial score (nSPS) is 14.8. The Morgan fingerprint density at radius 1 is 1.29 bits per heavy atom. The molecule has 1 N–H and O–H groups in total. The zero-order valence-corrected chi connectivity index (χ0v) is 17.5. The lowest BCUT2D eigenvalue weighted by atomic mass is 9.96. The van der Waals surface area contributed by atoms with Crippen LogP contribution in [0.5, 0.6) is 0 Å². The van der Waals surface area contributed by atoms with Crippen LogP contribution in [-0.4, -0.2) is 43.1 Å². The lowest BCUT2D eigenvalue weighted by Gasteiger charge is -2.32. The summed E-state index contributed by atoms with van der Waals surface area (Å²) in [4.78, 5) is 32.6. The number of esters is 1. The lowest BCUT2D eigenvalue weighted by molar-refractivity contribution is -0.148. The van der Waals surface area contributed by atoms with Gasteiger partial charge in [-0.25, -0.2) is 4.98 Å². The monoisotopic (exact) mass is 401 g/mol. The Balaban J connectivity index is 1.86. The van der Waals surface area contributed by atoms with Crippen molar-refractivity contribution in [2.75, 3.05) is 31.1 Å². The molecule has 0 bridgehead atoms. The molecule has 28 heavy (non-hydrogen) atoms. The van der Waals surface area contributed by atoms with E-state index >= 15 is 0 Å². The number of ether oxygens (including phenoxy) is 1. The molecule has 3 rings (SSSR count). The van der Waals surface area contributed by atoms with Crippen LogP contribution in [0, 0.1) is 12.8 Å². The Bertz CT molecular complexity index is 841. The highest BCUT2D eigenvalue weighted by Crippen LogP contribution is 2.31. The molecule has 0 saturated carbocycles. The first-order valence-electron chi connectivity index (χ1n) is 9.79. The van der Waals surface area contributed by atoms with Crippen LogP contribution in [-0.2, 0) is 9.53 Å². The third-order valence-corrected chi connectivity index (χ3v) is 5.93. The van der Waals surface area contributed by atoms with Crippen molar-refractivity contribution < 1.29 is 14.3 Å². The minimum Gasteiger partial charge on any atom is -0.466 e. The van der Waals surface area contributed by atoms with E-state index in [1.807, 2.05) is 26.0 Å². The van der Waals surface area contributed by atoms with E-state index in [9.17, 15) is 9.59 Å². The van der Waals surface area contributed by atoms with Crippen LogP contribution in [0.4, 0.5) is 5.82 Å². The third kappa shape index (κ3) is 4.52. The zero-order valence-electron chi connectivity index (χ0n) is 16.7. The number of hydrogen-bond acceptors (Lipinski definition) is 6. The SMILES string of the molecule is CCNC(=O)c1ccc(-c2cc(C)cs2)nc1N1CCC(C(=O)OCC)CC1. The molecule has 3 heterocycles. The van der Waals surface area contributed by atoms with Crippen LogP contribution < -0.4 is 10.2 Å². The zero-order chi connectivity index (χ0) is 20.1. The van der Waals surface area contributed by atoms with Gasteiger partial charge in [0.25, 0.3) is 5.91 Å². The van der Waals surface area contributed by atoms with Gasteiger partial charge in [-0.3, -0.25) is 9.59 Å². The van der Waals surface area contributed by atoms with E-state index in [0.29, 0.717) is 50.5 Å². The van der Waals surface area contributed by atoms with Gasteiger partial charge in [0, 0.05) is 19.6 Å². The van der Waals surface area contributed by atoms with Crippen LogP contribution in [0.15, 0.2) is 23.6 Å². The fourth-order valence-electron chi connectivity index (χ4n) is 3.41. The van der Waals surface area contributed by atoms with E-state index < -0.39 is 0 Å². The molecule has 1 saturated heterocycles. The second-order valence-electron chi connectivity index (χ2n) is 6.93. The van der Waals surface area contributed by atoms with Gasteiger partial charge in [0.1, 0.15) is 5.82 Å². The standard InChI is InChI=1S/C21H27N3O3S/c1-4-22-20(25)16-6-7-17(18-12-14(3)13-28-18)23-19(16)24-10-8-15(9-11-24)21(26)27-5-2/h6-7,12-13,15H,4-5,8-11H2,1-3H3,(H,22,25). The topological polar surface area (TPSA) is 71.5 Å². The van der Waals surface area contributed by atoms with Crippen molar-refractivity contribution >= 4 is 29.0 Å². The molecule has 0 spiro atoms. The summed E-state index contributed by atoms with van der Waals surface area (Å²) in [6.07, 6.45) is 1.41. The van der Waals surface area contributed by atoms with Crippen LogP contribution in [0.3, 0.4) is 0 Å². The molecule has 1 aliphatic heterocycles. The number of nitrogens with zero attached hydrogens (tertiary/aromatic N) is 2. The van der Waals surface area contributed by atoms with Gasteiger partial charge in [0.2, 0.25) is 0 Å². The first kappa shape index (κ1) is 20.3. The average molecular weight is 402 g/mol. The number of pyridine rings is 1. The Morgan fingerprint density at radius 2 is 2.04 bits per heavy atom. The maximum atomic E-state index is 12.6. The minimum atomic E-state index is -0.123. The summed E-state index contributed by atoms with van der Waals surface area (Å²) in [6, 6.07) is 5.87. The molecule has 0 aromatic carbocycles. The fraction of sp³-hybridized carbons (Fsp3) is 0.476. The molecule has 7 heteroatoms. The number of amides is 1. The number of thiophene rings is 1. The van der Waals surface area contributed by atoms with Gasteiger partial charge >= 0.3 is 5.97 Å². The fourth-order valence-corrected chi connectivity index (χ4v) is 4.28. The molecule has 6 nitrogen and oxygen atoms in total. The Morgan fingerprint density at radius 3 is 2.64 bits per heavy atom. The van der Waals surface area contributed by atoms with Gasteiger partial charge in [-0.1, -0.05) is 0 Å². The number of rotatable bonds is 6. The molecular formula is C21H27N3O3S. The van der Waals surface area contributed by atoms with Crippen molar-refractivity contribution in [1.29, 1.82) is 0 Å². The summed E-state index contributed by atoms with van der Waals surface area (Å²) in [5, 5.41) is 4.97. The molecule has 2 aromatic heterocycles. The van der Waals surface area contributed by atoms with E-state index in [0.717, 1.165) is 10.6 Å². The second-order valence-corrected chi connectivity index (χ2v) is 7.84. The third-order valence-electron chi connectivity index (χ3n) is 4.85. The Kier molecular flexibility index (Phi) is 6.67. The summed E-state index contributed by atoms with van der Waals surface area (Å²) in [5.74, 6) is 0.373. The van der Waals surface area contributed by atoms with Gasteiger partial charge < -0.3 is 15.0 Å². The van der Waals surface area contributed by atoms with Crippen LogP contribution in [0.2, 0.25) is 0 Å². The predicted octanol–water partition coefficient (Wildman–Crippen LogP) is 3.65. The Labute approximate surface area is 169 Å². The maximum Gasteiger partial charge on any atom is 0.309 e. The van der Waals surface area contributed by atoms with E-state index in [1.54, 1.807) is 11.3 Å². The van der Waals surface area contributed by atoms with Crippen molar-refractivity contribution in [1.82, 2.24) is 10.3 Å². The number of aromatic nitrogens is 1. The maximum absolute atomic E-state index is 12.6. The lowest BCUT2D eigenvalue weighted by Crippen LogP contribution is -2.39. The van der Waals surface area contributed by atoms with Crippen molar-refractivity contribution in [2.45, 2.75) is 33.6 Å². The van der Waals surface area contributed by atoms with Gasteiger partial charge in [-0.15, -0.1) is 11.3 Å². The molecule has 0 radical (unpaired) electrons. The molecule has 0 unspecified atom stereocenters. The summed E-state index contributed by atoms with van der Waals surface area (Å²) in [6.45, 7) is 8.11. The number of piperidine rings is 1. The largest absolute Gasteiger partial charge is 0.466 e. The minimum absolute atomic E-state index is 0.0766. The number of nitrogens with one attached hydrogen (secondary N) is 1. The van der Waals surface area contributed by atoms with Crippen LogP contribution >= 0.6 is 11.3 Å². The van der Waals surface area contributed by atoms with E-state index in [4.69, 9.17) is 9.72 Å². The summed E-state index contributed by atoms with van der Waals surface area (Å²) < 4.78 is 5.16. The highest BCUT2D eigenvalue weighted by molar-refractivity contribution is 7.13. The van der Waals surface area contributed by atoms with E-state index in [2.05, 4.69) is 28.6 Å². The molecule has 1 amide bonds. The number of carbonyl (C=O) groups excluding carboxylic acids is 2. The van der Waals surface area contributed by atoms with Crippen molar-refractivity contribution in [3.05, 3.63) is 34.7 Å². The van der Waals surface area contributed by atoms with E-state index in [1.165, 1.54) is 5.56 Å². The Hall–Kier alpha value is -2.41. The van der Waals surface area contributed by atoms with Crippen molar-refractivity contribution in [3.8, 4) is 10.6 Å². The molecule has 1 fully saturated rings. The number of anilines is 1. The average Bonchev–Trinajstić information content (AvgIpc) is 3.14. The molecular weight excluding hydrogens is 374 g/mol. The first-order valence-corrected chi connectivity index (χ1v) is 10.7. The summed E-state index contributed by atoms with van der Waals surface area (Å²) >= 11 is 1.65. The van der Waals surface area contributed by atoms with Gasteiger partial charge in [-0.05, 0) is 62.8 Å². The first-order chi connectivity index (χ1) is 13.5. The van der Waals surface area contributed by atoms with Crippen molar-refractivity contribution in [3.63, 3.8) is 0 Å². The van der Waals surface area contributed by atoms with Crippen LogP contribution in [0.1, 0.15) is 42.6 Å². The molecule has 0 atom stereocenters. The molecule has 0 aliphatic carbocycles. The van der Waals surface area contributed by atoms with Gasteiger partial charge in [-0.2, -0.15) is 0 Å². The highest BCUT2D eigenvalue weighted by Gasteiger charge is 2.29. The van der Waals surface area contributed by atoms with E-state index in [-0.39, 0.29) is 17.8 Å². The molecule has 2 aromatic rings. The number of aryl methyl sites for hydroxylation is 1.